The third-order valence-electron chi connectivity index (χ3n) is 3.20. The van der Waals surface area contributed by atoms with Crippen molar-refractivity contribution < 1.29 is 14.3 Å². The van der Waals surface area contributed by atoms with Crippen LogP contribution in [-0.4, -0.2) is 42.1 Å². The van der Waals surface area contributed by atoms with Crippen molar-refractivity contribution in [2.45, 2.75) is 53.1 Å². The number of carbonyl (C=O) groups is 2. The lowest BCUT2D eigenvalue weighted by Crippen LogP contribution is -2.45. The molecule has 1 N–H and O–H groups in total. The Labute approximate surface area is 122 Å². The minimum atomic E-state index is -0.470. The molecule has 20 heavy (non-hydrogen) atoms. The molecule has 1 saturated heterocycles. The Morgan fingerprint density at radius 2 is 1.80 bits per heavy atom. The average Bonchev–Trinajstić information content (AvgIpc) is 2.34. The molecule has 0 aliphatic carbocycles. The maximum absolute atomic E-state index is 12.0. The molecule has 0 spiro atoms. The van der Waals surface area contributed by atoms with Gasteiger partial charge in [-0.3, -0.25) is 4.79 Å². The van der Waals surface area contributed by atoms with Crippen molar-refractivity contribution in [3.05, 3.63) is 0 Å². The summed E-state index contributed by atoms with van der Waals surface area (Å²) in [6, 6.07) is 0. The highest BCUT2D eigenvalue weighted by atomic mass is 16.6. The Morgan fingerprint density at radius 3 is 2.25 bits per heavy atom. The standard InChI is InChI=1S/C15H28N2O3/c1-11(2)10-16-13(18)12-6-8-17(9-7-12)14(19)20-15(3,4)5/h11-12H,6-10H2,1-5H3,(H,16,18). The number of carbonyl (C=O) groups excluding carboxylic acids is 2. The summed E-state index contributed by atoms with van der Waals surface area (Å²) in [5.41, 5.74) is -0.470. The van der Waals surface area contributed by atoms with E-state index >= 15 is 0 Å². The number of likely N-dealkylation sites (tertiary alicyclic amines) is 1. The van der Waals surface area contributed by atoms with Crippen LogP contribution < -0.4 is 5.32 Å². The highest BCUT2D eigenvalue weighted by molar-refractivity contribution is 5.79. The minimum Gasteiger partial charge on any atom is -0.444 e. The molecule has 0 bridgehead atoms. The van der Waals surface area contributed by atoms with Gasteiger partial charge in [0.15, 0.2) is 0 Å². The molecule has 0 aromatic heterocycles. The van der Waals surface area contributed by atoms with E-state index in [4.69, 9.17) is 4.74 Å². The maximum atomic E-state index is 12.0. The lowest BCUT2D eigenvalue weighted by Gasteiger charge is -2.33. The van der Waals surface area contributed by atoms with Gasteiger partial charge in [-0.15, -0.1) is 0 Å². The van der Waals surface area contributed by atoms with E-state index < -0.39 is 5.60 Å². The number of hydrogen-bond acceptors (Lipinski definition) is 3. The zero-order chi connectivity index (χ0) is 15.3. The normalized spacial score (nSPS) is 17.2. The van der Waals surface area contributed by atoms with E-state index in [0.29, 0.717) is 38.4 Å². The second kappa shape index (κ2) is 6.95. The van der Waals surface area contributed by atoms with Crippen LogP contribution in [0, 0.1) is 11.8 Å². The van der Waals surface area contributed by atoms with Crippen LogP contribution >= 0.6 is 0 Å². The third-order valence-corrected chi connectivity index (χ3v) is 3.20. The van der Waals surface area contributed by atoms with Crippen LogP contribution in [0.2, 0.25) is 0 Å². The number of ether oxygens (including phenoxy) is 1. The quantitative estimate of drug-likeness (QED) is 0.865. The first-order chi connectivity index (χ1) is 9.19. The van der Waals surface area contributed by atoms with Crippen LogP contribution in [0.5, 0.6) is 0 Å². The summed E-state index contributed by atoms with van der Waals surface area (Å²) in [6.07, 6.45) is 1.14. The van der Waals surface area contributed by atoms with Crippen LogP contribution in [0.15, 0.2) is 0 Å². The van der Waals surface area contributed by atoms with Crippen LogP contribution in [0.3, 0.4) is 0 Å². The summed E-state index contributed by atoms with van der Waals surface area (Å²) in [5, 5.41) is 2.96. The first kappa shape index (κ1) is 16.8. The van der Waals surface area contributed by atoms with E-state index in [2.05, 4.69) is 19.2 Å². The van der Waals surface area contributed by atoms with Gasteiger partial charge in [-0.1, -0.05) is 13.8 Å². The molecule has 116 valence electrons. The van der Waals surface area contributed by atoms with Gasteiger partial charge in [-0.2, -0.15) is 0 Å². The second-order valence-corrected chi connectivity index (χ2v) is 6.88. The Bertz CT molecular complexity index is 340. The first-order valence-electron chi connectivity index (χ1n) is 7.44. The third kappa shape index (κ3) is 5.80. The van der Waals surface area contributed by atoms with Crippen molar-refractivity contribution >= 4 is 12.0 Å². The minimum absolute atomic E-state index is 0.0208. The van der Waals surface area contributed by atoms with Crippen molar-refractivity contribution in [3.8, 4) is 0 Å². The molecule has 1 aliphatic rings. The fourth-order valence-corrected chi connectivity index (χ4v) is 2.10. The van der Waals surface area contributed by atoms with Crippen LogP contribution in [-0.2, 0) is 9.53 Å². The molecule has 0 atom stereocenters. The van der Waals surface area contributed by atoms with Crippen molar-refractivity contribution in [2.75, 3.05) is 19.6 Å². The zero-order valence-electron chi connectivity index (χ0n) is 13.4. The molecule has 0 saturated carbocycles. The van der Waals surface area contributed by atoms with E-state index in [1.165, 1.54) is 0 Å². The van der Waals surface area contributed by atoms with E-state index in [9.17, 15) is 9.59 Å². The number of piperidine rings is 1. The number of hydrogen-bond donors (Lipinski definition) is 1. The first-order valence-corrected chi connectivity index (χ1v) is 7.44. The molecule has 0 unspecified atom stereocenters. The van der Waals surface area contributed by atoms with Crippen molar-refractivity contribution in [1.29, 1.82) is 0 Å². The molecule has 5 heteroatoms. The van der Waals surface area contributed by atoms with Crippen LogP contribution in [0.25, 0.3) is 0 Å². The molecule has 5 nitrogen and oxygen atoms in total. The monoisotopic (exact) mass is 284 g/mol. The smallest absolute Gasteiger partial charge is 0.410 e. The molecule has 1 rings (SSSR count). The van der Waals surface area contributed by atoms with E-state index in [-0.39, 0.29) is 17.9 Å². The van der Waals surface area contributed by atoms with Crippen LogP contribution in [0.1, 0.15) is 47.5 Å². The van der Waals surface area contributed by atoms with Crippen LogP contribution in [0.4, 0.5) is 4.79 Å². The largest absolute Gasteiger partial charge is 0.444 e. The predicted molar refractivity (Wildman–Crippen MR) is 78.4 cm³/mol. The summed E-state index contributed by atoms with van der Waals surface area (Å²) >= 11 is 0. The molecule has 1 aliphatic heterocycles. The summed E-state index contributed by atoms with van der Waals surface area (Å²) in [4.78, 5) is 25.6. The van der Waals surface area contributed by atoms with Gasteiger partial charge in [-0.05, 0) is 39.5 Å². The molecule has 0 aromatic rings. The van der Waals surface area contributed by atoms with E-state index in [0.717, 1.165) is 0 Å². The zero-order valence-corrected chi connectivity index (χ0v) is 13.4. The van der Waals surface area contributed by atoms with Gasteiger partial charge in [0.1, 0.15) is 5.60 Å². The summed E-state index contributed by atoms with van der Waals surface area (Å²) in [5.74, 6) is 0.593. The van der Waals surface area contributed by atoms with Gasteiger partial charge >= 0.3 is 6.09 Å². The highest BCUT2D eigenvalue weighted by Gasteiger charge is 2.29. The van der Waals surface area contributed by atoms with Gasteiger partial charge in [0.2, 0.25) is 5.91 Å². The number of amides is 2. The second-order valence-electron chi connectivity index (χ2n) is 6.88. The van der Waals surface area contributed by atoms with E-state index in [1.54, 1.807) is 4.90 Å². The van der Waals surface area contributed by atoms with E-state index in [1.807, 2.05) is 20.8 Å². The van der Waals surface area contributed by atoms with Gasteiger partial charge in [-0.25, -0.2) is 4.79 Å². The van der Waals surface area contributed by atoms with Gasteiger partial charge in [0, 0.05) is 25.6 Å². The Morgan fingerprint density at radius 1 is 1.25 bits per heavy atom. The predicted octanol–water partition coefficient (Wildman–Crippen LogP) is 2.41. The topological polar surface area (TPSA) is 58.6 Å². The summed E-state index contributed by atoms with van der Waals surface area (Å²) < 4.78 is 5.34. The SMILES string of the molecule is CC(C)CNC(=O)C1CCN(C(=O)OC(C)(C)C)CC1. The molecular formula is C15H28N2O3. The van der Waals surface area contributed by atoms with Gasteiger partial charge < -0.3 is 15.0 Å². The van der Waals surface area contributed by atoms with Crippen molar-refractivity contribution in [2.24, 2.45) is 11.8 Å². The molecule has 1 fully saturated rings. The summed E-state index contributed by atoms with van der Waals surface area (Å²) in [7, 11) is 0. The Balaban J connectivity index is 2.36. The van der Waals surface area contributed by atoms with Crippen molar-refractivity contribution in [3.63, 3.8) is 0 Å². The molecule has 0 aromatic carbocycles. The molecule has 0 radical (unpaired) electrons. The lowest BCUT2D eigenvalue weighted by atomic mass is 9.96. The highest BCUT2D eigenvalue weighted by Crippen LogP contribution is 2.19. The lowest BCUT2D eigenvalue weighted by molar-refractivity contribution is -0.126. The maximum Gasteiger partial charge on any atom is 0.410 e. The number of nitrogens with zero attached hydrogens (tertiary/aromatic N) is 1. The van der Waals surface area contributed by atoms with Gasteiger partial charge in [0.25, 0.3) is 0 Å². The number of rotatable bonds is 3. The fraction of sp³-hybridized carbons (Fsp3) is 0.867. The molecular weight excluding hydrogens is 256 g/mol. The molecule has 2 amide bonds. The Kier molecular flexibility index (Phi) is 5.84. The van der Waals surface area contributed by atoms with Crippen molar-refractivity contribution in [1.82, 2.24) is 10.2 Å². The summed E-state index contributed by atoms with van der Waals surface area (Å²) in [6.45, 7) is 11.6. The Hall–Kier alpha value is -1.26. The number of nitrogens with one attached hydrogen (secondary N) is 1. The molecule has 1 heterocycles. The van der Waals surface area contributed by atoms with Gasteiger partial charge in [0.05, 0.1) is 0 Å². The fourth-order valence-electron chi connectivity index (χ4n) is 2.10. The average molecular weight is 284 g/mol.